The second-order valence-electron chi connectivity index (χ2n) is 6.35. The summed E-state index contributed by atoms with van der Waals surface area (Å²) in [6, 6.07) is 1.78. The average molecular weight is 325 g/mol. The first-order valence-corrected chi connectivity index (χ1v) is 7.42. The summed E-state index contributed by atoms with van der Waals surface area (Å²) in [5, 5.41) is 4.37. The van der Waals surface area contributed by atoms with E-state index in [0.29, 0.717) is 5.82 Å². The number of carbonyl (C=O) groups excluding carboxylic acids is 1. The van der Waals surface area contributed by atoms with E-state index in [0.717, 1.165) is 11.0 Å². The number of fused-ring (bicyclic) bond motifs is 1. The van der Waals surface area contributed by atoms with Gasteiger partial charge < -0.3 is 14.6 Å². The molecule has 0 amide bonds. The summed E-state index contributed by atoms with van der Waals surface area (Å²) in [7, 11) is 3.28. The van der Waals surface area contributed by atoms with E-state index in [1.165, 1.54) is 7.11 Å². The van der Waals surface area contributed by atoms with Gasteiger partial charge in [-0.2, -0.15) is 4.98 Å². The quantitative estimate of drug-likeness (QED) is 0.691. The Morgan fingerprint density at radius 1 is 1.45 bits per heavy atom. The zero-order valence-corrected chi connectivity index (χ0v) is 14.2. The maximum Gasteiger partial charge on any atom is 0.307 e. The van der Waals surface area contributed by atoms with Crippen LogP contribution in [0.1, 0.15) is 27.2 Å². The number of rotatable bonds is 4. The summed E-state index contributed by atoms with van der Waals surface area (Å²) in [6.07, 6.45) is 2.14. The van der Waals surface area contributed by atoms with E-state index in [-0.39, 0.29) is 29.1 Å². The van der Waals surface area contributed by atoms with Gasteiger partial charge in [-0.05, 0) is 23.1 Å². The van der Waals surface area contributed by atoms with Gasteiger partial charge in [0.1, 0.15) is 11.5 Å². The van der Waals surface area contributed by atoms with Crippen LogP contribution in [0.15, 0.2) is 12.3 Å². The topological polar surface area (TPSA) is 69.0 Å². The lowest BCUT2D eigenvalue weighted by atomic mass is 9.84. The summed E-state index contributed by atoms with van der Waals surface area (Å²) in [5.41, 5.74) is 0.584. The summed E-state index contributed by atoms with van der Waals surface area (Å²) in [4.78, 5) is 20.2. The van der Waals surface area contributed by atoms with Gasteiger partial charge in [-0.25, -0.2) is 4.98 Å². The molecule has 2 heterocycles. The fourth-order valence-electron chi connectivity index (χ4n) is 2.21. The van der Waals surface area contributed by atoms with Crippen molar-refractivity contribution in [1.29, 1.82) is 0 Å². The van der Waals surface area contributed by atoms with Crippen molar-refractivity contribution in [2.45, 2.75) is 33.2 Å². The summed E-state index contributed by atoms with van der Waals surface area (Å²) >= 11 is 6.02. The molecule has 0 aromatic carbocycles. The molecule has 22 heavy (non-hydrogen) atoms. The normalized spacial score (nSPS) is 13.2. The third-order valence-electron chi connectivity index (χ3n) is 3.65. The SMILES string of the molecule is COC(=O)CC(Nc1nc(Cl)nc2c1ccn2C)C(C)(C)C. The third kappa shape index (κ3) is 3.50. The molecule has 0 fully saturated rings. The maximum atomic E-state index is 11.7. The van der Waals surface area contributed by atoms with Crippen LogP contribution >= 0.6 is 11.6 Å². The van der Waals surface area contributed by atoms with Crippen molar-refractivity contribution in [3.8, 4) is 0 Å². The first-order valence-electron chi connectivity index (χ1n) is 7.04. The third-order valence-corrected chi connectivity index (χ3v) is 3.82. The Morgan fingerprint density at radius 3 is 2.73 bits per heavy atom. The molecule has 1 N–H and O–H groups in total. The molecule has 0 aliphatic rings. The highest BCUT2D eigenvalue weighted by atomic mass is 35.5. The van der Waals surface area contributed by atoms with Crippen LogP contribution in [0.4, 0.5) is 5.82 Å². The molecule has 0 spiro atoms. The minimum Gasteiger partial charge on any atom is -0.469 e. The average Bonchev–Trinajstić information content (AvgIpc) is 2.78. The van der Waals surface area contributed by atoms with Crippen LogP contribution < -0.4 is 5.32 Å². The Bertz CT molecular complexity index is 691. The predicted octanol–water partition coefficient (Wildman–Crippen LogP) is 3.01. The van der Waals surface area contributed by atoms with Crippen molar-refractivity contribution in [2.24, 2.45) is 12.5 Å². The largest absolute Gasteiger partial charge is 0.469 e. The van der Waals surface area contributed by atoms with Crippen molar-refractivity contribution in [3.63, 3.8) is 0 Å². The van der Waals surface area contributed by atoms with Crippen LogP contribution in [0.5, 0.6) is 0 Å². The fraction of sp³-hybridized carbons (Fsp3) is 0.533. The molecule has 0 aliphatic heterocycles. The van der Waals surface area contributed by atoms with Crippen LogP contribution in [-0.2, 0) is 16.6 Å². The monoisotopic (exact) mass is 324 g/mol. The molecular formula is C15H21ClN4O2. The van der Waals surface area contributed by atoms with Gasteiger partial charge >= 0.3 is 5.97 Å². The summed E-state index contributed by atoms with van der Waals surface area (Å²) < 4.78 is 6.66. The predicted molar refractivity (Wildman–Crippen MR) is 87.0 cm³/mol. The van der Waals surface area contributed by atoms with E-state index >= 15 is 0 Å². The number of halogens is 1. The van der Waals surface area contributed by atoms with Gasteiger partial charge in [0, 0.05) is 19.3 Å². The lowest BCUT2D eigenvalue weighted by molar-refractivity contribution is -0.141. The lowest BCUT2D eigenvalue weighted by Crippen LogP contribution is -2.36. The molecule has 2 aromatic heterocycles. The molecule has 1 atom stereocenters. The second-order valence-corrected chi connectivity index (χ2v) is 6.69. The van der Waals surface area contributed by atoms with E-state index in [2.05, 4.69) is 36.1 Å². The molecule has 0 aliphatic carbocycles. The molecule has 6 nitrogen and oxygen atoms in total. The number of anilines is 1. The highest BCUT2D eigenvalue weighted by Crippen LogP contribution is 2.29. The van der Waals surface area contributed by atoms with E-state index < -0.39 is 0 Å². The summed E-state index contributed by atoms with van der Waals surface area (Å²) in [5.74, 6) is 0.358. The molecule has 2 aromatic rings. The van der Waals surface area contributed by atoms with Gasteiger partial charge in [0.05, 0.1) is 18.9 Å². The van der Waals surface area contributed by atoms with E-state index in [4.69, 9.17) is 16.3 Å². The molecule has 2 rings (SSSR count). The Balaban J connectivity index is 2.39. The van der Waals surface area contributed by atoms with Crippen LogP contribution in [0, 0.1) is 5.41 Å². The highest BCUT2D eigenvalue weighted by Gasteiger charge is 2.28. The zero-order valence-electron chi connectivity index (χ0n) is 13.5. The Labute approximate surface area is 134 Å². The molecule has 0 saturated heterocycles. The van der Waals surface area contributed by atoms with Gasteiger partial charge in [0.15, 0.2) is 0 Å². The van der Waals surface area contributed by atoms with Gasteiger partial charge in [-0.3, -0.25) is 4.79 Å². The minimum atomic E-state index is -0.267. The number of carbonyl (C=O) groups is 1. The number of esters is 1. The van der Waals surface area contributed by atoms with Gasteiger partial charge in [-0.1, -0.05) is 20.8 Å². The van der Waals surface area contributed by atoms with Crippen molar-refractivity contribution < 1.29 is 9.53 Å². The van der Waals surface area contributed by atoms with Gasteiger partial charge in [-0.15, -0.1) is 0 Å². The van der Waals surface area contributed by atoms with Crippen LogP contribution in [0.2, 0.25) is 5.28 Å². The number of hydrogen-bond acceptors (Lipinski definition) is 5. The Kier molecular flexibility index (Phi) is 4.60. The number of aromatic nitrogens is 3. The number of hydrogen-bond donors (Lipinski definition) is 1. The van der Waals surface area contributed by atoms with Gasteiger partial charge in [0.2, 0.25) is 5.28 Å². The minimum absolute atomic E-state index is 0.144. The number of ether oxygens (including phenoxy) is 1. The van der Waals surface area contributed by atoms with Gasteiger partial charge in [0.25, 0.3) is 0 Å². The van der Waals surface area contributed by atoms with Crippen LogP contribution in [0.25, 0.3) is 11.0 Å². The Hall–Kier alpha value is -1.82. The maximum absolute atomic E-state index is 11.7. The lowest BCUT2D eigenvalue weighted by Gasteiger charge is -2.31. The van der Waals surface area contributed by atoms with Crippen molar-refractivity contribution in [2.75, 3.05) is 12.4 Å². The first-order chi connectivity index (χ1) is 10.2. The molecule has 120 valence electrons. The number of methoxy groups -OCH3 is 1. The smallest absolute Gasteiger partial charge is 0.307 e. The molecule has 7 heteroatoms. The fourth-order valence-corrected chi connectivity index (χ4v) is 2.37. The van der Waals surface area contributed by atoms with Crippen molar-refractivity contribution in [1.82, 2.24) is 14.5 Å². The first kappa shape index (κ1) is 16.5. The standard InChI is InChI=1S/C15H21ClN4O2/c1-15(2,3)10(8-11(21)22-5)17-12-9-6-7-20(4)13(9)19-14(16)18-12/h6-7,10H,8H2,1-5H3,(H,17,18,19). The zero-order chi connectivity index (χ0) is 16.5. The highest BCUT2D eigenvalue weighted by molar-refractivity contribution is 6.28. The van der Waals surface area contributed by atoms with E-state index in [1.54, 1.807) is 0 Å². The van der Waals surface area contributed by atoms with Crippen LogP contribution in [-0.4, -0.2) is 33.7 Å². The molecule has 1 unspecified atom stereocenters. The summed E-state index contributed by atoms with van der Waals surface area (Å²) in [6.45, 7) is 6.16. The van der Waals surface area contributed by atoms with Crippen molar-refractivity contribution >= 4 is 34.4 Å². The molecule has 0 radical (unpaired) electrons. The number of nitrogens with one attached hydrogen (secondary N) is 1. The number of aryl methyl sites for hydroxylation is 1. The van der Waals surface area contributed by atoms with E-state index in [9.17, 15) is 4.79 Å². The molecular weight excluding hydrogens is 304 g/mol. The van der Waals surface area contributed by atoms with E-state index in [1.807, 2.05) is 23.9 Å². The second kappa shape index (κ2) is 6.12. The molecule has 0 saturated carbocycles. The van der Waals surface area contributed by atoms with Crippen molar-refractivity contribution in [3.05, 3.63) is 17.5 Å². The Morgan fingerprint density at radius 2 is 2.14 bits per heavy atom. The van der Waals surface area contributed by atoms with Crippen LogP contribution in [0.3, 0.4) is 0 Å². The molecule has 0 bridgehead atoms. The number of nitrogens with zero attached hydrogens (tertiary/aromatic N) is 3.